The van der Waals surface area contributed by atoms with Crippen LogP contribution in [0, 0.1) is 11.3 Å². The highest BCUT2D eigenvalue weighted by Gasteiger charge is 2.19. The van der Waals surface area contributed by atoms with E-state index in [1.165, 1.54) is 6.20 Å². The molecule has 6 heteroatoms. The number of imidazole rings is 1. The number of unbranched alkanes of at least 4 members (excludes halogenated alkanes) is 1. The van der Waals surface area contributed by atoms with Crippen molar-refractivity contribution >= 4 is 9.84 Å². The minimum absolute atomic E-state index is 0.0163. The van der Waals surface area contributed by atoms with E-state index >= 15 is 0 Å². The summed E-state index contributed by atoms with van der Waals surface area (Å²) in [4.78, 5) is 3.83. The molecule has 1 heterocycles. The summed E-state index contributed by atoms with van der Waals surface area (Å²) < 4.78 is 25.1. The Morgan fingerprint density at radius 3 is 2.93 bits per heavy atom. The monoisotopic (exact) mass is 227 g/mol. The number of nitriles is 1. The van der Waals surface area contributed by atoms with Crippen LogP contribution in [0.5, 0.6) is 0 Å². The van der Waals surface area contributed by atoms with Crippen LogP contribution < -0.4 is 0 Å². The van der Waals surface area contributed by atoms with Gasteiger partial charge in [-0.3, -0.25) is 0 Å². The maximum Gasteiger partial charge on any atom is 0.227 e. The summed E-state index contributed by atoms with van der Waals surface area (Å²) in [6, 6.07) is 1.92. The Labute approximate surface area is 89.3 Å². The highest BCUT2D eigenvalue weighted by molar-refractivity contribution is 7.91. The van der Waals surface area contributed by atoms with Crippen molar-refractivity contribution in [2.75, 3.05) is 5.75 Å². The van der Waals surface area contributed by atoms with Crippen LogP contribution in [0.1, 0.15) is 19.8 Å². The van der Waals surface area contributed by atoms with E-state index in [0.717, 1.165) is 0 Å². The van der Waals surface area contributed by atoms with Crippen LogP contribution in [0.25, 0.3) is 0 Å². The van der Waals surface area contributed by atoms with E-state index < -0.39 is 9.84 Å². The molecule has 1 aromatic heterocycles. The van der Waals surface area contributed by atoms with Crippen LogP contribution in [0.3, 0.4) is 0 Å². The molecule has 0 fully saturated rings. The maximum atomic E-state index is 11.8. The van der Waals surface area contributed by atoms with Crippen LogP contribution >= 0.6 is 0 Å². The Bertz CT molecular complexity index is 456. The molecule has 0 aromatic carbocycles. The molecule has 5 nitrogen and oxygen atoms in total. The molecule has 0 radical (unpaired) electrons. The molecule has 0 unspecified atom stereocenters. The fraction of sp³-hybridized carbons (Fsp3) is 0.556. The van der Waals surface area contributed by atoms with Crippen molar-refractivity contribution in [2.45, 2.75) is 31.5 Å². The zero-order valence-electron chi connectivity index (χ0n) is 8.55. The number of rotatable bonds is 5. The highest BCUT2D eigenvalue weighted by atomic mass is 32.2. The van der Waals surface area contributed by atoms with Gasteiger partial charge in [-0.1, -0.05) is 0 Å². The van der Waals surface area contributed by atoms with Crippen LogP contribution in [0.15, 0.2) is 17.6 Å². The molecule has 0 aliphatic carbocycles. The number of nitrogens with zero attached hydrogens (tertiary/aromatic N) is 3. The second-order valence-electron chi connectivity index (χ2n) is 3.08. The first kappa shape index (κ1) is 11.7. The minimum Gasteiger partial charge on any atom is -0.322 e. The zero-order chi connectivity index (χ0) is 11.3. The van der Waals surface area contributed by atoms with Gasteiger partial charge in [0, 0.05) is 25.4 Å². The van der Waals surface area contributed by atoms with E-state index in [1.807, 2.05) is 13.0 Å². The third kappa shape index (κ3) is 2.80. The molecule has 0 saturated carbocycles. The number of aryl methyl sites for hydroxylation is 1. The Morgan fingerprint density at radius 2 is 2.33 bits per heavy atom. The lowest BCUT2D eigenvalue weighted by Crippen LogP contribution is -2.13. The molecule has 0 N–H and O–H groups in total. The predicted octanol–water partition coefficient (Wildman–Crippen LogP) is 0.980. The lowest BCUT2D eigenvalue weighted by molar-refractivity contribution is 0.567. The topological polar surface area (TPSA) is 75.8 Å². The quantitative estimate of drug-likeness (QED) is 0.703. The van der Waals surface area contributed by atoms with Crippen LogP contribution in [0.4, 0.5) is 0 Å². The Morgan fingerprint density at radius 1 is 1.60 bits per heavy atom. The van der Waals surface area contributed by atoms with E-state index in [0.29, 0.717) is 13.0 Å². The first-order valence-electron chi connectivity index (χ1n) is 4.72. The molecule has 15 heavy (non-hydrogen) atoms. The fourth-order valence-corrected chi connectivity index (χ4v) is 2.72. The van der Waals surface area contributed by atoms with Crippen LogP contribution in [0.2, 0.25) is 0 Å². The van der Waals surface area contributed by atoms with Gasteiger partial charge in [-0.05, 0) is 13.3 Å². The zero-order valence-corrected chi connectivity index (χ0v) is 9.37. The van der Waals surface area contributed by atoms with E-state index in [2.05, 4.69) is 4.98 Å². The molecular weight excluding hydrogens is 214 g/mol. The highest BCUT2D eigenvalue weighted by Crippen LogP contribution is 2.10. The standard InChI is InChI=1S/C9H13N3O2S/c1-2-12-7-6-11-9(12)15(13,14)8-4-3-5-10/h6-7H,2-4,8H2,1H3. The van der Waals surface area contributed by atoms with Crippen molar-refractivity contribution in [3.63, 3.8) is 0 Å². The van der Waals surface area contributed by atoms with Gasteiger partial charge in [0.05, 0.1) is 11.8 Å². The van der Waals surface area contributed by atoms with Crippen molar-refractivity contribution in [1.82, 2.24) is 9.55 Å². The van der Waals surface area contributed by atoms with Crippen molar-refractivity contribution in [3.8, 4) is 6.07 Å². The summed E-state index contributed by atoms with van der Waals surface area (Å²) in [5.74, 6) is -0.0163. The lowest BCUT2D eigenvalue weighted by Gasteiger charge is -2.04. The van der Waals surface area contributed by atoms with Gasteiger partial charge in [0.25, 0.3) is 0 Å². The van der Waals surface area contributed by atoms with Crippen molar-refractivity contribution in [3.05, 3.63) is 12.4 Å². The van der Waals surface area contributed by atoms with Gasteiger partial charge in [0.2, 0.25) is 15.0 Å². The SMILES string of the molecule is CCn1ccnc1S(=O)(=O)CCCC#N. The molecule has 1 aromatic rings. The Balaban J connectivity index is 2.83. The second-order valence-corrected chi connectivity index (χ2v) is 5.08. The molecule has 1 rings (SSSR count). The third-order valence-corrected chi connectivity index (χ3v) is 3.72. The smallest absolute Gasteiger partial charge is 0.227 e. The van der Waals surface area contributed by atoms with Crippen molar-refractivity contribution in [2.24, 2.45) is 0 Å². The molecule has 0 saturated heterocycles. The summed E-state index contributed by atoms with van der Waals surface area (Å²) in [7, 11) is -3.33. The molecule has 0 spiro atoms. The van der Waals surface area contributed by atoms with Gasteiger partial charge in [-0.25, -0.2) is 13.4 Å². The average Bonchev–Trinajstić information content (AvgIpc) is 2.66. The normalized spacial score (nSPS) is 11.2. The molecule has 0 atom stereocenters. The lowest BCUT2D eigenvalue weighted by atomic mass is 10.4. The van der Waals surface area contributed by atoms with Gasteiger partial charge in [0.1, 0.15) is 0 Å². The maximum absolute atomic E-state index is 11.8. The first-order valence-corrected chi connectivity index (χ1v) is 6.38. The van der Waals surface area contributed by atoms with Gasteiger partial charge in [-0.2, -0.15) is 5.26 Å². The van der Waals surface area contributed by atoms with E-state index in [4.69, 9.17) is 5.26 Å². The first-order chi connectivity index (χ1) is 7.11. The third-order valence-electron chi connectivity index (χ3n) is 2.00. The molecule has 82 valence electrons. The molecule has 0 aliphatic rings. The predicted molar refractivity (Wildman–Crippen MR) is 54.8 cm³/mol. The Kier molecular flexibility index (Phi) is 3.86. The van der Waals surface area contributed by atoms with Gasteiger partial charge in [-0.15, -0.1) is 0 Å². The number of hydrogen-bond donors (Lipinski definition) is 0. The molecular formula is C9H13N3O2S. The van der Waals surface area contributed by atoms with Crippen molar-refractivity contribution < 1.29 is 8.42 Å². The summed E-state index contributed by atoms with van der Waals surface area (Å²) in [6.07, 6.45) is 3.72. The van der Waals surface area contributed by atoms with E-state index in [1.54, 1.807) is 10.8 Å². The summed E-state index contributed by atoms with van der Waals surface area (Å²) in [6.45, 7) is 2.43. The number of sulfone groups is 1. The van der Waals surface area contributed by atoms with Crippen LogP contribution in [-0.4, -0.2) is 23.7 Å². The second kappa shape index (κ2) is 4.94. The Hall–Kier alpha value is -1.35. The van der Waals surface area contributed by atoms with Crippen molar-refractivity contribution in [1.29, 1.82) is 5.26 Å². The fourth-order valence-electron chi connectivity index (χ4n) is 1.25. The van der Waals surface area contributed by atoms with E-state index in [-0.39, 0.29) is 17.3 Å². The van der Waals surface area contributed by atoms with Gasteiger partial charge < -0.3 is 4.57 Å². The summed E-state index contributed by atoms with van der Waals surface area (Å²) >= 11 is 0. The van der Waals surface area contributed by atoms with Gasteiger partial charge in [0.15, 0.2) is 0 Å². The molecule has 0 bridgehead atoms. The van der Waals surface area contributed by atoms with Crippen LogP contribution in [-0.2, 0) is 16.4 Å². The van der Waals surface area contributed by atoms with E-state index in [9.17, 15) is 8.42 Å². The summed E-state index contributed by atoms with van der Waals surface area (Å²) in [5, 5.41) is 8.43. The largest absolute Gasteiger partial charge is 0.322 e. The number of aromatic nitrogens is 2. The molecule has 0 amide bonds. The molecule has 0 aliphatic heterocycles. The average molecular weight is 227 g/mol. The minimum atomic E-state index is -3.33. The van der Waals surface area contributed by atoms with Gasteiger partial charge >= 0.3 is 0 Å². The number of hydrogen-bond acceptors (Lipinski definition) is 4. The summed E-state index contributed by atoms with van der Waals surface area (Å²) in [5.41, 5.74) is 0.